The van der Waals surface area contributed by atoms with E-state index >= 15 is 0 Å². The van der Waals surface area contributed by atoms with Crippen LogP contribution in [0.15, 0.2) is 51.7 Å². The first-order valence-corrected chi connectivity index (χ1v) is 9.09. The molecule has 0 radical (unpaired) electrons. The minimum atomic E-state index is -0.471. The molecular weight excluding hydrogens is 376 g/mol. The van der Waals surface area contributed by atoms with Crippen molar-refractivity contribution in [1.82, 2.24) is 0 Å². The van der Waals surface area contributed by atoms with E-state index < -0.39 is 5.97 Å². The fraction of sp³-hybridized carbons (Fsp3) is 0.273. The van der Waals surface area contributed by atoms with Crippen molar-refractivity contribution in [2.45, 2.75) is 26.9 Å². The normalized spacial score (nSPS) is 10.8. The molecule has 0 atom stereocenters. The summed E-state index contributed by atoms with van der Waals surface area (Å²) in [5, 5.41) is 0.344. The van der Waals surface area contributed by atoms with Crippen molar-refractivity contribution >= 4 is 16.9 Å². The Balaban J connectivity index is 1.83. The lowest BCUT2D eigenvalue weighted by atomic mass is 10.2. The molecule has 152 valence electrons. The maximum Gasteiger partial charge on any atom is 0.344 e. The number of rotatable bonds is 7. The summed E-state index contributed by atoms with van der Waals surface area (Å²) in [6.07, 6.45) is -0.215. The molecule has 7 heteroatoms. The zero-order valence-electron chi connectivity index (χ0n) is 16.7. The van der Waals surface area contributed by atoms with Gasteiger partial charge in [-0.15, -0.1) is 0 Å². The second-order valence-electron chi connectivity index (χ2n) is 6.58. The Morgan fingerprint density at radius 1 is 1.03 bits per heavy atom. The van der Waals surface area contributed by atoms with Gasteiger partial charge in [-0.05, 0) is 57.2 Å². The molecule has 0 fully saturated rings. The Bertz CT molecular complexity index is 1060. The molecular formula is C22H22O7. The van der Waals surface area contributed by atoms with E-state index in [-0.39, 0.29) is 23.9 Å². The van der Waals surface area contributed by atoms with Gasteiger partial charge in [-0.3, -0.25) is 4.79 Å². The van der Waals surface area contributed by atoms with Crippen molar-refractivity contribution in [2.75, 3.05) is 13.7 Å². The van der Waals surface area contributed by atoms with Crippen LogP contribution in [0.1, 0.15) is 19.6 Å². The van der Waals surface area contributed by atoms with E-state index in [0.717, 1.165) is 0 Å². The SMILES string of the molecule is COc1ccc(Oc2c(C)oc3cc(OCC(=O)OC(C)C)ccc3c2=O)cc1. The summed E-state index contributed by atoms with van der Waals surface area (Å²) in [7, 11) is 1.57. The maximum absolute atomic E-state index is 12.9. The summed E-state index contributed by atoms with van der Waals surface area (Å²) in [6.45, 7) is 4.94. The first-order valence-electron chi connectivity index (χ1n) is 9.09. The molecule has 7 nitrogen and oxygen atoms in total. The highest BCUT2D eigenvalue weighted by molar-refractivity contribution is 5.80. The Hall–Kier alpha value is -3.48. The molecule has 3 rings (SSSR count). The predicted octanol–water partition coefficient (Wildman–Crippen LogP) is 4.23. The summed E-state index contributed by atoms with van der Waals surface area (Å²) in [5.41, 5.74) is 0.0367. The summed E-state index contributed by atoms with van der Waals surface area (Å²) < 4.78 is 27.1. The monoisotopic (exact) mass is 398 g/mol. The van der Waals surface area contributed by atoms with E-state index in [4.69, 9.17) is 23.4 Å². The highest BCUT2D eigenvalue weighted by atomic mass is 16.6. The van der Waals surface area contributed by atoms with Gasteiger partial charge in [0.15, 0.2) is 6.61 Å². The van der Waals surface area contributed by atoms with Gasteiger partial charge in [0.2, 0.25) is 11.2 Å². The molecule has 0 spiro atoms. The molecule has 0 bridgehead atoms. The average molecular weight is 398 g/mol. The minimum Gasteiger partial charge on any atom is -0.497 e. The third kappa shape index (κ3) is 4.87. The predicted molar refractivity (Wildman–Crippen MR) is 107 cm³/mol. The van der Waals surface area contributed by atoms with Crippen LogP contribution in [-0.4, -0.2) is 25.8 Å². The number of fused-ring (bicyclic) bond motifs is 1. The molecule has 3 aromatic rings. The molecule has 1 aromatic heterocycles. The van der Waals surface area contributed by atoms with Crippen LogP contribution >= 0.6 is 0 Å². The van der Waals surface area contributed by atoms with Crippen molar-refractivity contribution in [3.05, 3.63) is 58.4 Å². The van der Waals surface area contributed by atoms with Crippen LogP contribution in [0.3, 0.4) is 0 Å². The van der Waals surface area contributed by atoms with Gasteiger partial charge in [0.05, 0.1) is 18.6 Å². The summed E-state index contributed by atoms with van der Waals surface area (Å²) in [5.74, 6) is 1.53. The number of carbonyl (C=O) groups excluding carboxylic acids is 1. The van der Waals surface area contributed by atoms with E-state index in [1.54, 1.807) is 70.3 Å². The molecule has 0 aliphatic carbocycles. The fourth-order valence-corrected chi connectivity index (χ4v) is 2.68. The number of esters is 1. The van der Waals surface area contributed by atoms with Gasteiger partial charge in [0.1, 0.15) is 28.6 Å². The van der Waals surface area contributed by atoms with E-state index in [9.17, 15) is 9.59 Å². The van der Waals surface area contributed by atoms with Gasteiger partial charge >= 0.3 is 5.97 Å². The number of methoxy groups -OCH3 is 1. The minimum absolute atomic E-state index is 0.108. The van der Waals surface area contributed by atoms with Gasteiger partial charge in [-0.1, -0.05) is 0 Å². The molecule has 0 N–H and O–H groups in total. The number of carbonyl (C=O) groups is 1. The van der Waals surface area contributed by atoms with E-state index in [2.05, 4.69) is 0 Å². The van der Waals surface area contributed by atoms with Gasteiger partial charge in [-0.2, -0.15) is 0 Å². The number of aryl methyl sites for hydroxylation is 1. The summed E-state index contributed by atoms with van der Waals surface area (Å²) >= 11 is 0. The topological polar surface area (TPSA) is 84.2 Å². The second-order valence-corrected chi connectivity index (χ2v) is 6.58. The number of hydrogen-bond donors (Lipinski definition) is 0. The van der Waals surface area contributed by atoms with Crippen molar-refractivity contribution in [1.29, 1.82) is 0 Å². The first kappa shape index (κ1) is 20.3. The fourth-order valence-electron chi connectivity index (χ4n) is 2.68. The number of benzene rings is 2. The average Bonchev–Trinajstić information content (AvgIpc) is 2.69. The van der Waals surface area contributed by atoms with Crippen LogP contribution < -0.4 is 19.6 Å². The van der Waals surface area contributed by atoms with E-state index in [0.29, 0.717) is 34.0 Å². The highest BCUT2D eigenvalue weighted by Gasteiger charge is 2.15. The number of hydrogen-bond acceptors (Lipinski definition) is 7. The first-order chi connectivity index (χ1) is 13.9. The second kappa shape index (κ2) is 8.68. The van der Waals surface area contributed by atoms with Crippen LogP contribution in [0, 0.1) is 6.92 Å². The molecule has 0 amide bonds. The van der Waals surface area contributed by atoms with Crippen LogP contribution in [0.2, 0.25) is 0 Å². The van der Waals surface area contributed by atoms with Crippen LogP contribution in [0.25, 0.3) is 11.0 Å². The Kier molecular flexibility index (Phi) is 6.07. The third-order valence-electron chi connectivity index (χ3n) is 3.99. The Morgan fingerprint density at radius 2 is 1.69 bits per heavy atom. The van der Waals surface area contributed by atoms with Gasteiger partial charge in [0.25, 0.3) is 0 Å². The van der Waals surface area contributed by atoms with Crippen molar-refractivity contribution in [3.63, 3.8) is 0 Å². The van der Waals surface area contributed by atoms with Gasteiger partial charge < -0.3 is 23.4 Å². The van der Waals surface area contributed by atoms with Crippen LogP contribution in [0.5, 0.6) is 23.0 Å². The quantitative estimate of drug-likeness (QED) is 0.551. The molecule has 1 heterocycles. The van der Waals surface area contributed by atoms with Crippen LogP contribution in [-0.2, 0) is 9.53 Å². The molecule has 0 aliphatic rings. The smallest absolute Gasteiger partial charge is 0.344 e. The standard InChI is InChI=1S/C22H22O7/c1-13(2)27-20(23)12-26-17-9-10-18-19(11-17)28-14(3)22(21(18)24)29-16-7-5-15(25-4)6-8-16/h5-11,13H,12H2,1-4H3. The maximum atomic E-state index is 12.9. The van der Waals surface area contributed by atoms with Gasteiger partial charge in [0, 0.05) is 6.07 Å². The molecule has 0 saturated heterocycles. The summed E-state index contributed by atoms with van der Waals surface area (Å²) in [6, 6.07) is 11.6. The van der Waals surface area contributed by atoms with Gasteiger partial charge in [-0.25, -0.2) is 4.79 Å². The lowest BCUT2D eigenvalue weighted by Crippen LogP contribution is -2.18. The van der Waals surface area contributed by atoms with Crippen molar-refractivity contribution < 1.29 is 28.2 Å². The summed E-state index contributed by atoms with van der Waals surface area (Å²) in [4.78, 5) is 24.5. The Morgan fingerprint density at radius 3 is 2.34 bits per heavy atom. The van der Waals surface area contributed by atoms with Crippen LogP contribution in [0.4, 0.5) is 0 Å². The number of ether oxygens (including phenoxy) is 4. The highest BCUT2D eigenvalue weighted by Crippen LogP contribution is 2.28. The Labute approximate surface area is 167 Å². The zero-order chi connectivity index (χ0) is 21.0. The molecule has 0 aliphatic heterocycles. The molecule has 0 unspecified atom stereocenters. The lowest BCUT2D eigenvalue weighted by Gasteiger charge is -2.11. The molecule has 29 heavy (non-hydrogen) atoms. The van der Waals surface area contributed by atoms with E-state index in [1.807, 2.05) is 0 Å². The largest absolute Gasteiger partial charge is 0.497 e. The van der Waals surface area contributed by atoms with Crippen molar-refractivity contribution in [2.24, 2.45) is 0 Å². The molecule has 0 saturated carbocycles. The zero-order valence-corrected chi connectivity index (χ0v) is 16.7. The van der Waals surface area contributed by atoms with E-state index in [1.165, 1.54) is 0 Å². The van der Waals surface area contributed by atoms with Crippen molar-refractivity contribution in [3.8, 4) is 23.0 Å². The lowest BCUT2D eigenvalue weighted by molar-refractivity contribution is -0.149. The molecule has 2 aromatic carbocycles. The third-order valence-corrected chi connectivity index (χ3v) is 3.99.